The summed E-state index contributed by atoms with van der Waals surface area (Å²) in [4.78, 5) is 14.8. The molecule has 0 atom stereocenters. The molecule has 278 valence electrons. The summed E-state index contributed by atoms with van der Waals surface area (Å²) in [5.74, 6) is 1.95. The fourth-order valence-electron chi connectivity index (χ4n) is 9.25. The molecule has 11 aromatic rings. The van der Waals surface area contributed by atoms with Gasteiger partial charge in [0, 0.05) is 49.3 Å². The summed E-state index contributed by atoms with van der Waals surface area (Å²) in [6.45, 7) is 4.69. The number of rotatable bonds is 5. The normalized spacial score (nSPS) is 13.1. The molecule has 0 bridgehead atoms. The lowest BCUT2D eigenvalue weighted by Crippen LogP contribution is -2.15. The van der Waals surface area contributed by atoms with Crippen LogP contribution in [0, 0.1) is 0 Å². The molecule has 0 saturated carbocycles. The van der Waals surface area contributed by atoms with Crippen LogP contribution in [0.3, 0.4) is 0 Å². The van der Waals surface area contributed by atoms with Crippen molar-refractivity contribution in [2.45, 2.75) is 19.3 Å². The Kier molecular flexibility index (Phi) is 7.20. The molecule has 0 N–H and O–H groups in total. The van der Waals surface area contributed by atoms with Crippen LogP contribution in [0.1, 0.15) is 25.0 Å². The second-order valence-electron chi connectivity index (χ2n) is 16.1. The molecule has 12 rings (SSSR count). The van der Waals surface area contributed by atoms with Gasteiger partial charge in [0.05, 0.1) is 11.0 Å². The third-order valence-corrected chi connectivity index (χ3v) is 12.2. The first-order valence-corrected chi connectivity index (χ1v) is 20.1. The van der Waals surface area contributed by atoms with Crippen molar-refractivity contribution in [2.24, 2.45) is 0 Å². The van der Waals surface area contributed by atoms with E-state index in [1.165, 1.54) is 44.1 Å². The van der Waals surface area contributed by atoms with E-state index < -0.39 is 0 Å². The number of nitrogens with zero attached hydrogens (tertiary/aromatic N) is 4. The van der Waals surface area contributed by atoms with E-state index in [2.05, 4.69) is 134 Å². The zero-order valence-corrected chi connectivity index (χ0v) is 32.5. The fraction of sp³-hybridized carbons (Fsp3) is 0.0556. The second-order valence-corrected chi connectivity index (χ2v) is 16.1. The molecule has 0 unspecified atom stereocenters. The molecular formula is C54H36N4O. The molecule has 5 nitrogen and oxygen atoms in total. The lowest BCUT2D eigenvalue weighted by Gasteiger charge is -2.21. The van der Waals surface area contributed by atoms with Crippen molar-refractivity contribution >= 4 is 43.7 Å². The Balaban J connectivity index is 1.01. The summed E-state index contributed by atoms with van der Waals surface area (Å²) < 4.78 is 8.81. The van der Waals surface area contributed by atoms with Crippen molar-refractivity contribution in [3.63, 3.8) is 0 Å². The molecule has 59 heavy (non-hydrogen) atoms. The summed E-state index contributed by atoms with van der Waals surface area (Å²) in [5.41, 5.74) is 15.5. The van der Waals surface area contributed by atoms with Crippen molar-refractivity contribution in [1.29, 1.82) is 0 Å². The Bertz CT molecular complexity index is 3380. The fourth-order valence-corrected chi connectivity index (χ4v) is 9.25. The van der Waals surface area contributed by atoms with Gasteiger partial charge in [0.25, 0.3) is 0 Å². The van der Waals surface area contributed by atoms with Gasteiger partial charge in [0.2, 0.25) is 0 Å². The van der Waals surface area contributed by atoms with Crippen molar-refractivity contribution in [2.75, 3.05) is 0 Å². The molecule has 0 fully saturated rings. The Morgan fingerprint density at radius 2 is 0.898 bits per heavy atom. The second kappa shape index (κ2) is 12.7. The average Bonchev–Trinajstić information content (AvgIpc) is 3.90. The molecule has 0 aliphatic heterocycles. The van der Waals surface area contributed by atoms with Crippen molar-refractivity contribution in [3.05, 3.63) is 193 Å². The number of hydrogen-bond donors (Lipinski definition) is 0. The smallest absolute Gasteiger partial charge is 0.164 e. The minimum atomic E-state index is -0.209. The molecule has 0 spiro atoms. The monoisotopic (exact) mass is 756 g/mol. The molecule has 0 radical (unpaired) electrons. The maximum atomic E-state index is 6.39. The van der Waals surface area contributed by atoms with Gasteiger partial charge in [-0.15, -0.1) is 0 Å². The van der Waals surface area contributed by atoms with E-state index in [4.69, 9.17) is 19.4 Å². The Hall–Kier alpha value is -7.63. The Morgan fingerprint density at radius 1 is 0.390 bits per heavy atom. The SMILES string of the molecule is CC1(C)c2cc3oc4ccccc4c3cc2-c2cc3c4cc(-c5ccc(-c6nc(-c7ccccc7)nc(-c7ccccc7)n6)cc5)ccc4n(-c4ccccc4)c3cc21. The lowest BCUT2D eigenvalue weighted by atomic mass is 9.82. The van der Waals surface area contributed by atoms with E-state index in [0.29, 0.717) is 17.5 Å². The first kappa shape index (κ1) is 33.5. The third kappa shape index (κ3) is 5.21. The number of aromatic nitrogens is 4. The van der Waals surface area contributed by atoms with E-state index in [0.717, 1.165) is 55.4 Å². The molecular weight excluding hydrogens is 721 g/mol. The lowest BCUT2D eigenvalue weighted by molar-refractivity contribution is 0.647. The van der Waals surface area contributed by atoms with E-state index >= 15 is 0 Å². The molecule has 1 aliphatic carbocycles. The van der Waals surface area contributed by atoms with E-state index in [9.17, 15) is 0 Å². The van der Waals surface area contributed by atoms with Crippen LogP contribution in [-0.4, -0.2) is 19.5 Å². The summed E-state index contributed by atoms with van der Waals surface area (Å²) in [7, 11) is 0. The van der Waals surface area contributed by atoms with Gasteiger partial charge in [0.1, 0.15) is 11.2 Å². The minimum Gasteiger partial charge on any atom is -0.456 e. The van der Waals surface area contributed by atoms with Gasteiger partial charge in [-0.1, -0.05) is 141 Å². The van der Waals surface area contributed by atoms with Crippen LogP contribution in [0.2, 0.25) is 0 Å². The van der Waals surface area contributed by atoms with Crippen LogP contribution in [0.15, 0.2) is 186 Å². The zero-order valence-electron chi connectivity index (χ0n) is 32.5. The maximum absolute atomic E-state index is 6.39. The molecule has 3 aromatic heterocycles. The van der Waals surface area contributed by atoms with Crippen LogP contribution in [0.5, 0.6) is 0 Å². The van der Waals surface area contributed by atoms with Gasteiger partial charge < -0.3 is 8.98 Å². The highest BCUT2D eigenvalue weighted by Gasteiger charge is 2.37. The summed E-state index contributed by atoms with van der Waals surface area (Å²) in [6, 6.07) is 64.3. The predicted octanol–water partition coefficient (Wildman–Crippen LogP) is 13.8. The van der Waals surface area contributed by atoms with E-state index in [1.807, 2.05) is 66.7 Å². The van der Waals surface area contributed by atoms with Crippen LogP contribution >= 0.6 is 0 Å². The van der Waals surface area contributed by atoms with Gasteiger partial charge >= 0.3 is 0 Å². The minimum absolute atomic E-state index is 0.209. The average molecular weight is 757 g/mol. The molecule has 1 aliphatic rings. The number of furan rings is 1. The van der Waals surface area contributed by atoms with Crippen LogP contribution < -0.4 is 0 Å². The molecule has 8 aromatic carbocycles. The van der Waals surface area contributed by atoms with Crippen LogP contribution in [0.25, 0.3) is 106 Å². The predicted molar refractivity (Wildman–Crippen MR) is 241 cm³/mol. The first-order chi connectivity index (χ1) is 29.0. The molecule has 3 heterocycles. The standard InChI is InChI=1S/C54H36N4O/c1-54(2)45-31-48-43(29-40(45)41-30-44-39-20-12-13-21-49(39)59-50(44)32-46(41)54)42-28-37(26-27-47(42)58(48)38-18-10-5-11-19-38)33-22-24-36(25-23-33)53-56-51(34-14-6-3-7-15-34)55-52(57-53)35-16-8-4-9-17-35/h3-32H,1-2H3. The highest BCUT2D eigenvalue weighted by atomic mass is 16.3. The Morgan fingerprint density at radius 3 is 1.56 bits per heavy atom. The van der Waals surface area contributed by atoms with Gasteiger partial charge in [0.15, 0.2) is 17.5 Å². The zero-order chi connectivity index (χ0) is 39.2. The van der Waals surface area contributed by atoms with Crippen molar-refractivity contribution in [1.82, 2.24) is 19.5 Å². The van der Waals surface area contributed by atoms with Gasteiger partial charge in [-0.3, -0.25) is 0 Å². The first-order valence-electron chi connectivity index (χ1n) is 20.1. The maximum Gasteiger partial charge on any atom is 0.164 e. The summed E-state index contributed by atoms with van der Waals surface area (Å²) in [5, 5.41) is 4.75. The number of hydrogen-bond acceptors (Lipinski definition) is 4. The topological polar surface area (TPSA) is 56.7 Å². The largest absolute Gasteiger partial charge is 0.456 e. The van der Waals surface area contributed by atoms with Gasteiger partial charge in [-0.25, -0.2) is 15.0 Å². The third-order valence-electron chi connectivity index (χ3n) is 12.2. The van der Waals surface area contributed by atoms with Crippen molar-refractivity contribution < 1.29 is 4.42 Å². The Labute approximate surface area is 340 Å². The highest BCUT2D eigenvalue weighted by molar-refractivity contribution is 6.14. The van der Waals surface area contributed by atoms with Crippen molar-refractivity contribution in [3.8, 4) is 62.1 Å². The van der Waals surface area contributed by atoms with E-state index in [-0.39, 0.29) is 5.41 Å². The highest BCUT2D eigenvalue weighted by Crippen LogP contribution is 2.53. The molecule has 5 heteroatoms. The summed E-state index contributed by atoms with van der Waals surface area (Å²) in [6.07, 6.45) is 0. The number of para-hydroxylation sites is 2. The summed E-state index contributed by atoms with van der Waals surface area (Å²) >= 11 is 0. The van der Waals surface area contributed by atoms with Crippen LogP contribution in [0.4, 0.5) is 0 Å². The number of fused-ring (bicyclic) bond motifs is 9. The quantitative estimate of drug-likeness (QED) is 0.175. The van der Waals surface area contributed by atoms with E-state index in [1.54, 1.807) is 0 Å². The van der Waals surface area contributed by atoms with Gasteiger partial charge in [-0.2, -0.15) is 0 Å². The van der Waals surface area contributed by atoms with Gasteiger partial charge in [-0.05, 0) is 88.0 Å². The molecule has 0 saturated heterocycles. The molecule has 0 amide bonds. The number of benzene rings is 8. The van der Waals surface area contributed by atoms with Crippen LogP contribution in [-0.2, 0) is 5.41 Å².